The molecule has 2 N–H and O–H groups in total. The van der Waals surface area contributed by atoms with Gasteiger partial charge in [-0.05, 0) is 49.6 Å². The Morgan fingerprint density at radius 2 is 1.74 bits per heavy atom. The average Bonchev–Trinajstić information content (AvgIpc) is 2.73. The van der Waals surface area contributed by atoms with Gasteiger partial charge in [0.1, 0.15) is 17.5 Å². The lowest BCUT2D eigenvalue weighted by Gasteiger charge is -2.44. The van der Waals surface area contributed by atoms with Crippen molar-refractivity contribution >= 4 is 15.9 Å². The molecule has 2 aliphatic rings. The fraction of sp³-hybridized carbons (Fsp3) is 0.409. The molecule has 0 unspecified atom stereocenters. The van der Waals surface area contributed by atoms with Crippen molar-refractivity contribution in [1.29, 1.82) is 0 Å². The lowest BCUT2D eigenvalue weighted by atomic mass is 9.85. The molecule has 0 aliphatic carbocycles. The Morgan fingerprint density at radius 3 is 2.39 bits per heavy atom. The van der Waals surface area contributed by atoms with Crippen LogP contribution in [0.1, 0.15) is 24.0 Å². The minimum absolute atomic E-state index is 0.238. The average molecular weight is 449 g/mol. The monoisotopic (exact) mass is 448 g/mol. The van der Waals surface area contributed by atoms with E-state index >= 15 is 0 Å². The minimum atomic E-state index is -3.55. The van der Waals surface area contributed by atoms with Gasteiger partial charge in [-0.15, -0.1) is 0 Å². The lowest BCUT2D eigenvalue weighted by molar-refractivity contribution is 0.241. The first-order valence-electron chi connectivity index (χ1n) is 10.3. The third-order valence-corrected chi connectivity index (χ3v) is 7.83. The zero-order chi connectivity index (χ0) is 22.1. The topological polar surface area (TPSA) is 73.8 Å². The summed E-state index contributed by atoms with van der Waals surface area (Å²) in [4.78, 5) is 4.91. The van der Waals surface area contributed by atoms with E-state index in [2.05, 4.69) is 15.6 Å². The number of amidine groups is 1. The van der Waals surface area contributed by atoms with Crippen molar-refractivity contribution in [3.63, 3.8) is 0 Å². The number of aryl methyl sites for hydroxylation is 1. The predicted octanol–water partition coefficient (Wildman–Crippen LogP) is 2.59. The zero-order valence-electron chi connectivity index (χ0n) is 17.4. The molecule has 6 nitrogen and oxygen atoms in total. The molecule has 4 rings (SSSR count). The molecule has 0 bridgehead atoms. The summed E-state index contributed by atoms with van der Waals surface area (Å²) in [6, 6.07) is 10.3. The number of rotatable bonds is 4. The van der Waals surface area contributed by atoms with Crippen molar-refractivity contribution in [3.8, 4) is 0 Å². The van der Waals surface area contributed by atoms with Crippen molar-refractivity contribution in [2.75, 3.05) is 26.2 Å². The van der Waals surface area contributed by atoms with Crippen LogP contribution in [0.3, 0.4) is 0 Å². The smallest absolute Gasteiger partial charge is 0.243 e. The maximum absolute atomic E-state index is 13.5. The first-order chi connectivity index (χ1) is 14.8. The normalized spacial score (nSPS) is 19.3. The van der Waals surface area contributed by atoms with Crippen LogP contribution >= 0.6 is 0 Å². The molecule has 1 fully saturated rings. The summed E-state index contributed by atoms with van der Waals surface area (Å²) in [6.07, 6.45) is 1.11. The Bertz CT molecular complexity index is 1060. The van der Waals surface area contributed by atoms with Crippen LogP contribution in [-0.4, -0.2) is 50.3 Å². The van der Waals surface area contributed by atoms with E-state index in [1.54, 1.807) is 24.3 Å². The highest BCUT2D eigenvalue weighted by molar-refractivity contribution is 7.89. The maximum atomic E-state index is 13.5. The Morgan fingerprint density at radius 1 is 1.10 bits per heavy atom. The minimum Gasteiger partial charge on any atom is -0.368 e. The number of nitrogens with one attached hydrogen (secondary N) is 2. The van der Waals surface area contributed by atoms with Gasteiger partial charge in [0.05, 0.1) is 17.0 Å². The third kappa shape index (κ3) is 4.63. The van der Waals surface area contributed by atoms with Crippen LogP contribution in [0, 0.1) is 18.6 Å². The van der Waals surface area contributed by atoms with Gasteiger partial charge in [0.15, 0.2) is 0 Å². The number of hydrogen-bond acceptors (Lipinski definition) is 5. The second kappa shape index (κ2) is 8.64. The van der Waals surface area contributed by atoms with Crippen LogP contribution in [0.25, 0.3) is 0 Å². The van der Waals surface area contributed by atoms with Gasteiger partial charge < -0.3 is 10.6 Å². The number of piperidine rings is 1. The number of aliphatic imine (C=N–C) groups is 1. The van der Waals surface area contributed by atoms with E-state index in [0.29, 0.717) is 49.5 Å². The molecule has 0 amide bonds. The van der Waals surface area contributed by atoms with E-state index in [-0.39, 0.29) is 6.54 Å². The van der Waals surface area contributed by atoms with Gasteiger partial charge in [-0.1, -0.05) is 17.7 Å². The summed E-state index contributed by atoms with van der Waals surface area (Å²) < 4.78 is 54.5. The van der Waals surface area contributed by atoms with Crippen LogP contribution in [0.5, 0.6) is 0 Å². The molecular weight excluding hydrogens is 422 g/mol. The van der Waals surface area contributed by atoms with E-state index in [1.807, 2.05) is 6.92 Å². The summed E-state index contributed by atoms with van der Waals surface area (Å²) in [5, 5.41) is 6.73. The molecule has 0 aromatic heterocycles. The summed E-state index contributed by atoms with van der Waals surface area (Å²) in [7, 11) is -3.55. The Balaban J connectivity index is 1.46. The number of nitrogens with zero attached hydrogens (tertiary/aromatic N) is 2. The van der Waals surface area contributed by atoms with Crippen molar-refractivity contribution in [2.45, 2.75) is 36.7 Å². The van der Waals surface area contributed by atoms with E-state index in [9.17, 15) is 17.2 Å². The first-order valence-corrected chi connectivity index (χ1v) is 11.8. The van der Waals surface area contributed by atoms with Gasteiger partial charge in [-0.2, -0.15) is 4.31 Å². The standard InChI is InChI=1S/C22H26F2N4O2S/c1-16-2-4-20(5-3-16)31(29,30)28-10-6-22(7-11-28)21(25-8-9-27-22)26-15-17-12-18(23)14-19(24)13-17/h2-5,12-14,27H,6-11,15H2,1H3,(H,25,26). The van der Waals surface area contributed by atoms with Crippen molar-refractivity contribution in [1.82, 2.24) is 14.9 Å². The van der Waals surface area contributed by atoms with E-state index in [4.69, 9.17) is 0 Å². The highest BCUT2D eigenvalue weighted by atomic mass is 32.2. The molecule has 9 heteroatoms. The van der Waals surface area contributed by atoms with Gasteiger partial charge in [-0.3, -0.25) is 4.99 Å². The Hall–Kier alpha value is -2.36. The molecule has 166 valence electrons. The highest BCUT2D eigenvalue weighted by Crippen LogP contribution is 2.29. The second-order valence-corrected chi connectivity index (χ2v) is 10.0. The largest absolute Gasteiger partial charge is 0.368 e. The molecule has 0 radical (unpaired) electrons. The molecule has 0 saturated carbocycles. The summed E-state index contributed by atoms with van der Waals surface area (Å²) in [6.45, 7) is 4.17. The molecular formula is C22H26F2N4O2S. The van der Waals surface area contributed by atoms with Crippen LogP contribution in [0.15, 0.2) is 52.4 Å². The van der Waals surface area contributed by atoms with Gasteiger partial charge in [-0.25, -0.2) is 17.2 Å². The van der Waals surface area contributed by atoms with E-state index < -0.39 is 27.2 Å². The summed E-state index contributed by atoms with van der Waals surface area (Å²) in [5.41, 5.74) is 1.03. The molecule has 2 aromatic rings. The quantitative estimate of drug-likeness (QED) is 0.754. The van der Waals surface area contributed by atoms with E-state index in [1.165, 1.54) is 16.4 Å². The van der Waals surface area contributed by atoms with Crippen molar-refractivity contribution < 1.29 is 17.2 Å². The number of hydrogen-bond donors (Lipinski definition) is 2. The molecule has 31 heavy (non-hydrogen) atoms. The lowest BCUT2D eigenvalue weighted by Crippen LogP contribution is -2.64. The molecule has 2 heterocycles. The molecule has 2 aromatic carbocycles. The predicted molar refractivity (Wildman–Crippen MR) is 115 cm³/mol. The number of benzene rings is 2. The zero-order valence-corrected chi connectivity index (χ0v) is 18.2. The SMILES string of the molecule is Cc1ccc(S(=O)(=O)N2CCC3(CC2)NCCN=C3NCc2cc(F)cc(F)c2)cc1. The molecule has 1 spiro atoms. The highest BCUT2D eigenvalue weighted by Gasteiger charge is 2.43. The van der Waals surface area contributed by atoms with Gasteiger partial charge >= 0.3 is 0 Å². The third-order valence-electron chi connectivity index (χ3n) is 5.92. The Kier molecular flexibility index (Phi) is 6.09. The number of halogens is 2. The van der Waals surface area contributed by atoms with Crippen molar-refractivity contribution in [2.24, 2.45) is 4.99 Å². The van der Waals surface area contributed by atoms with Gasteiger partial charge in [0.25, 0.3) is 0 Å². The van der Waals surface area contributed by atoms with Crippen LogP contribution < -0.4 is 10.6 Å². The molecule has 0 atom stereocenters. The number of sulfonamides is 1. The van der Waals surface area contributed by atoms with Gasteiger partial charge in [0.2, 0.25) is 10.0 Å². The van der Waals surface area contributed by atoms with E-state index in [0.717, 1.165) is 17.5 Å². The van der Waals surface area contributed by atoms with Gasteiger partial charge in [0, 0.05) is 32.2 Å². The molecule has 1 saturated heterocycles. The fourth-order valence-corrected chi connectivity index (χ4v) is 5.64. The Labute approximate surface area is 181 Å². The second-order valence-electron chi connectivity index (χ2n) is 8.09. The maximum Gasteiger partial charge on any atom is 0.243 e. The first kappa shape index (κ1) is 21.9. The van der Waals surface area contributed by atoms with Crippen LogP contribution in [0.2, 0.25) is 0 Å². The van der Waals surface area contributed by atoms with Crippen molar-refractivity contribution in [3.05, 3.63) is 65.2 Å². The van der Waals surface area contributed by atoms with Crippen LogP contribution in [-0.2, 0) is 16.6 Å². The summed E-state index contributed by atoms with van der Waals surface area (Å²) >= 11 is 0. The fourth-order valence-electron chi connectivity index (χ4n) is 4.20. The summed E-state index contributed by atoms with van der Waals surface area (Å²) in [5.74, 6) is -0.523. The van der Waals surface area contributed by atoms with Crippen LogP contribution in [0.4, 0.5) is 8.78 Å². The molecule has 2 aliphatic heterocycles.